The second kappa shape index (κ2) is 5.61. The summed E-state index contributed by atoms with van der Waals surface area (Å²) in [6.07, 6.45) is 1.62. The molecule has 0 saturated heterocycles. The third kappa shape index (κ3) is 2.71. The van der Waals surface area contributed by atoms with Gasteiger partial charge in [0.2, 0.25) is 5.88 Å². The smallest absolute Gasteiger partial charge is 0.279 e. The van der Waals surface area contributed by atoms with E-state index in [-0.39, 0.29) is 10.9 Å². The van der Waals surface area contributed by atoms with Crippen LogP contribution in [-0.2, 0) is 10.0 Å². The van der Waals surface area contributed by atoms with Gasteiger partial charge in [-0.15, -0.1) is 0 Å². The molecule has 0 aliphatic rings. The molecule has 2 heterocycles. The predicted octanol–water partition coefficient (Wildman–Crippen LogP) is 2.44. The van der Waals surface area contributed by atoms with E-state index in [9.17, 15) is 8.42 Å². The Hall–Kier alpha value is -2.67. The van der Waals surface area contributed by atoms with Crippen molar-refractivity contribution in [2.24, 2.45) is 0 Å². The molecule has 6 nitrogen and oxygen atoms in total. The van der Waals surface area contributed by atoms with Gasteiger partial charge in [0.25, 0.3) is 10.0 Å². The number of pyridine rings is 2. The largest absolute Gasteiger partial charge is 0.481 e. The van der Waals surface area contributed by atoms with Crippen molar-refractivity contribution in [3.8, 4) is 5.88 Å². The fourth-order valence-corrected chi connectivity index (χ4v) is 3.07. The van der Waals surface area contributed by atoms with Gasteiger partial charge in [-0.25, -0.2) is 0 Å². The molecule has 0 aliphatic carbocycles. The van der Waals surface area contributed by atoms with Crippen molar-refractivity contribution < 1.29 is 13.2 Å². The SMILES string of the molecule is COc1cccc(S(=O)(=O)Nc2cccc3cccnc23)n1. The number of aromatic nitrogens is 2. The van der Waals surface area contributed by atoms with Crippen LogP contribution in [0.15, 0.2) is 59.8 Å². The molecule has 3 rings (SSSR count). The number of anilines is 1. The summed E-state index contributed by atoms with van der Waals surface area (Å²) in [4.78, 5) is 8.17. The summed E-state index contributed by atoms with van der Waals surface area (Å²) in [6, 6.07) is 13.5. The molecule has 0 atom stereocenters. The maximum atomic E-state index is 12.5. The number of nitrogens with one attached hydrogen (secondary N) is 1. The monoisotopic (exact) mass is 315 g/mol. The maximum absolute atomic E-state index is 12.5. The molecule has 0 radical (unpaired) electrons. The molecular formula is C15H13N3O3S. The van der Waals surface area contributed by atoms with Crippen LogP contribution in [0.5, 0.6) is 5.88 Å². The van der Waals surface area contributed by atoms with Crippen LogP contribution in [0, 0.1) is 0 Å². The van der Waals surface area contributed by atoms with E-state index in [1.165, 1.54) is 13.2 Å². The van der Waals surface area contributed by atoms with Crippen molar-refractivity contribution in [1.29, 1.82) is 0 Å². The number of para-hydroxylation sites is 1. The molecule has 3 aromatic rings. The highest BCUT2D eigenvalue weighted by atomic mass is 32.2. The van der Waals surface area contributed by atoms with Gasteiger partial charge in [-0.3, -0.25) is 9.71 Å². The number of methoxy groups -OCH3 is 1. The first-order valence-electron chi connectivity index (χ1n) is 6.48. The van der Waals surface area contributed by atoms with Crippen LogP contribution in [0.1, 0.15) is 0 Å². The summed E-state index contributed by atoms with van der Waals surface area (Å²) >= 11 is 0. The lowest BCUT2D eigenvalue weighted by molar-refractivity contribution is 0.394. The van der Waals surface area contributed by atoms with Gasteiger partial charge in [-0.2, -0.15) is 13.4 Å². The fraction of sp³-hybridized carbons (Fsp3) is 0.0667. The van der Waals surface area contributed by atoms with E-state index in [0.717, 1.165) is 5.39 Å². The van der Waals surface area contributed by atoms with Gasteiger partial charge in [0.1, 0.15) is 0 Å². The molecule has 0 aliphatic heterocycles. The van der Waals surface area contributed by atoms with E-state index in [4.69, 9.17) is 4.74 Å². The maximum Gasteiger partial charge on any atom is 0.279 e. The molecule has 0 unspecified atom stereocenters. The number of hydrogen-bond acceptors (Lipinski definition) is 5. The quantitative estimate of drug-likeness (QED) is 0.799. The molecule has 7 heteroatoms. The number of hydrogen-bond donors (Lipinski definition) is 1. The van der Waals surface area contributed by atoms with Gasteiger partial charge in [-0.05, 0) is 18.2 Å². The Kier molecular flexibility index (Phi) is 3.64. The lowest BCUT2D eigenvalue weighted by Gasteiger charge is -2.10. The van der Waals surface area contributed by atoms with Crippen LogP contribution in [-0.4, -0.2) is 25.5 Å². The Labute approximate surface area is 127 Å². The van der Waals surface area contributed by atoms with E-state index in [2.05, 4.69) is 14.7 Å². The predicted molar refractivity (Wildman–Crippen MR) is 83.3 cm³/mol. The lowest BCUT2D eigenvalue weighted by atomic mass is 10.2. The van der Waals surface area contributed by atoms with Crippen molar-refractivity contribution in [3.05, 3.63) is 54.7 Å². The number of sulfonamides is 1. The van der Waals surface area contributed by atoms with E-state index in [1.54, 1.807) is 36.5 Å². The van der Waals surface area contributed by atoms with Crippen LogP contribution >= 0.6 is 0 Å². The van der Waals surface area contributed by atoms with Gasteiger partial charge in [0.05, 0.1) is 18.3 Å². The Balaban J connectivity index is 2.03. The van der Waals surface area contributed by atoms with E-state index >= 15 is 0 Å². The van der Waals surface area contributed by atoms with Crippen LogP contribution in [0.4, 0.5) is 5.69 Å². The van der Waals surface area contributed by atoms with Crippen LogP contribution in [0.25, 0.3) is 10.9 Å². The van der Waals surface area contributed by atoms with Crippen LogP contribution in [0.2, 0.25) is 0 Å². The normalized spacial score (nSPS) is 11.3. The standard InChI is InChI=1S/C15H13N3O3S/c1-21-13-8-3-9-14(17-13)22(19,20)18-12-7-2-5-11-6-4-10-16-15(11)12/h2-10,18H,1H3. The minimum Gasteiger partial charge on any atom is -0.481 e. The van der Waals surface area contributed by atoms with E-state index < -0.39 is 10.0 Å². The Bertz CT molecular complexity index is 921. The summed E-state index contributed by atoms with van der Waals surface area (Å²) in [5.74, 6) is 0.235. The number of nitrogens with zero attached hydrogens (tertiary/aromatic N) is 2. The third-order valence-electron chi connectivity index (χ3n) is 3.06. The Morgan fingerprint density at radius 3 is 2.64 bits per heavy atom. The van der Waals surface area contributed by atoms with Gasteiger partial charge in [-0.1, -0.05) is 24.3 Å². The molecular weight excluding hydrogens is 302 g/mol. The van der Waals surface area contributed by atoms with Gasteiger partial charge in [0, 0.05) is 17.6 Å². The summed E-state index contributed by atoms with van der Waals surface area (Å²) in [5, 5.41) is 0.737. The van der Waals surface area contributed by atoms with Gasteiger partial charge < -0.3 is 4.74 Å². The van der Waals surface area contributed by atoms with E-state index in [0.29, 0.717) is 11.2 Å². The van der Waals surface area contributed by atoms with Crippen molar-refractivity contribution in [1.82, 2.24) is 9.97 Å². The molecule has 0 saturated carbocycles. The second-order valence-electron chi connectivity index (χ2n) is 4.50. The molecule has 22 heavy (non-hydrogen) atoms. The van der Waals surface area contributed by atoms with Gasteiger partial charge >= 0.3 is 0 Å². The molecule has 1 aromatic carbocycles. The molecule has 0 fully saturated rings. The zero-order valence-electron chi connectivity index (χ0n) is 11.7. The third-order valence-corrected chi connectivity index (χ3v) is 4.33. The summed E-state index contributed by atoms with van der Waals surface area (Å²) < 4.78 is 32.4. The van der Waals surface area contributed by atoms with E-state index in [1.807, 2.05) is 12.1 Å². The van der Waals surface area contributed by atoms with Crippen LogP contribution < -0.4 is 9.46 Å². The number of rotatable bonds is 4. The van der Waals surface area contributed by atoms with Crippen LogP contribution in [0.3, 0.4) is 0 Å². The first-order valence-corrected chi connectivity index (χ1v) is 7.96. The number of ether oxygens (including phenoxy) is 1. The minimum atomic E-state index is -3.82. The Morgan fingerprint density at radius 2 is 1.82 bits per heavy atom. The number of fused-ring (bicyclic) bond motifs is 1. The average molecular weight is 315 g/mol. The molecule has 0 amide bonds. The zero-order valence-corrected chi connectivity index (χ0v) is 12.5. The highest BCUT2D eigenvalue weighted by molar-refractivity contribution is 7.92. The fourth-order valence-electron chi connectivity index (χ4n) is 2.04. The molecule has 112 valence electrons. The summed E-state index contributed by atoms with van der Waals surface area (Å²) in [5.41, 5.74) is 0.985. The highest BCUT2D eigenvalue weighted by Gasteiger charge is 2.18. The molecule has 0 spiro atoms. The minimum absolute atomic E-state index is 0.111. The first-order chi connectivity index (χ1) is 10.6. The number of benzene rings is 1. The highest BCUT2D eigenvalue weighted by Crippen LogP contribution is 2.23. The zero-order chi connectivity index (χ0) is 15.6. The molecule has 1 N–H and O–H groups in total. The van der Waals surface area contributed by atoms with Crippen molar-refractivity contribution >= 4 is 26.6 Å². The average Bonchev–Trinajstić information content (AvgIpc) is 2.55. The molecule has 2 aromatic heterocycles. The van der Waals surface area contributed by atoms with Gasteiger partial charge in [0.15, 0.2) is 5.03 Å². The lowest BCUT2D eigenvalue weighted by Crippen LogP contribution is -2.15. The van der Waals surface area contributed by atoms with Crippen molar-refractivity contribution in [2.75, 3.05) is 11.8 Å². The van der Waals surface area contributed by atoms with Crippen molar-refractivity contribution in [2.45, 2.75) is 5.03 Å². The molecule has 0 bridgehead atoms. The topological polar surface area (TPSA) is 81.2 Å². The second-order valence-corrected chi connectivity index (χ2v) is 6.13. The summed E-state index contributed by atoms with van der Waals surface area (Å²) in [6.45, 7) is 0. The summed E-state index contributed by atoms with van der Waals surface area (Å²) in [7, 11) is -2.39. The van der Waals surface area contributed by atoms with Crippen molar-refractivity contribution in [3.63, 3.8) is 0 Å². The first kappa shape index (κ1) is 14.3. The Morgan fingerprint density at radius 1 is 1.05 bits per heavy atom.